The number of carbonyl (C=O) groups is 1. The molecule has 1 aromatic heterocycles. The maximum atomic E-state index is 13.0. The molecule has 1 aliphatic rings. The maximum Gasteiger partial charge on any atom is 0.271 e. The summed E-state index contributed by atoms with van der Waals surface area (Å²) in [6.45, 7) is 1.86. The van der Waals surface area contributed by atoms with Crippen molar-refractivity contribution < 1.29 is 9.18 Å². The molecule has 3 rings (SSSR count). The van der Waals surface area contributed by atoms with Gasteiger partial charge in [0, 0.05) is 0 Å². The summed E-state index contributed by atoms with van der Waals surface area (Å²) in [6, 6.07) is 6.09. The third-order valence-electron chi connectivity index (χ3n) is 4.35. The van der Waals surface area contributed by atoms with Gasteiger partial charge in [0.25, 0.3) is 5.91 Å². The Morgan fingerprint density at radius 2 is 2.00 bits per heavy atom. The highest BCUT2D eigenvalue weighted by atomic mass is 35.5. The summed E-state index contributed by atoms with van der Waals surface area (Å²) in [5, 5.41) is 7.56. The maximum absolute atomic E-state index is 13.0. The van der Waals surface area contributed by atoms with Crippen molar-refractivity contribution in [2.75, 3.05) is 0 Å². The zero-order valence-electron chi connectivity index (χ0n) is 12.9. The lowest BCUT2D eigenvalue weighted by Crippen LogP contribution is -2.30. The average molecular weight is 336 g/mol. The van der Waals surface area contributed by atoms with Crippen LogP contribution in [0.2, 0.25) is 5.02 Å². The van der Waals surface area contributed by atoms with Crippen LogP contribution in [0.5, 0.6) is 0 Å². The van der Waals surface area contributed by atoms with Crippen LogP contribution < -0.4 is 5.32 Å². The second-order valence-corrected chi connectivity index (χ2v) is 6.38. The van der Waals surface area contributed by atoms with E-state index in [0.717, 1.165) is 31.2 Å². The molecule has 1 aromatic carbocycles. The van der Waals surface area contributed by atoms with E-state index in [1.54, 1.807) is 16.8 Å². The summed E-state index contributed by atoms with van der Waals surface area (Å²) in [4.78, 5) is 12.6. The van der Waals surface area contributed by atoms with Crippen LogP contribution >= 0.6 is 11.6 Å². The number of amides is 1. The van der Waals surface area contributed by atoms with Gasteiger partial charge in [0.1, 0.15) is 11.5 Å². The highest BCUT2D eigenvalue weighted by molar-refractivity contribution is 6.33. The van der Waals surface area contributed by atoms with Crippen LogP contribution in [0.15, 0.2) is 30.5 Å². The molecule has 1 amide bonds. The molecular weight excluding hydrogens is 317 g/mol. The number of nitrogens with zero attached hydrogens (tertiary/aromatic N) is 2. The minimum Gasteiger partial charge on any atom is -0.344 e. The molecule has 122 valence electrons. The Bertz CT molecular complexity index is 692. The van der Waals surface area contributed by atoms with Crippen LogP contribution in [-0.4, -0.2) is 15.7 Å². The lowest BCUT2D eigenvalue weighted by Gasteiger charge is -2.17. The van der Waals surface area contributed by atoms with Crippen LogP contribution in [0.1, 0.15) is 60.7 Å². The minimum absolute atomic E-state index is 0.240. The van der Waals surface area contributed by atoms with E-state index in [2.05, 4.69) is 10.4 Å². The second-order valence-electron chi connectivity index (χ2n) is 5.97. The number of nitrogens with one attached hydrogen (secondary N) is 1. The van der Waals surface area contributed by atoms with Gasteiger partial charge in [-0.1, -0.05) is 36.6 Å². The van der Waals surface area contributed by atoms with Gasteiger partial charge in [-0.3, -0.25) is 9.48 Å². The first-order valence-electron chi connectivity index (χ1n) is 7.85. The zero-order chi connectivity index (χ0) is 16.4. The molecule has 1 aliphatic carbocycles. The van der Waals surface area contributed by atoms with E-state index >= 15 is 0 Å². The molecule has 1 heterocycles. The Kier molecular flexibility index (Phi) is 4.66. The van der Waals surface area contributed by atoms with Crippen molar-refractivity contribution in [3.05, 3.63) is 52.6 Å². The van der Waals surface area contributed by atoms with Crippen LogP contribution in [0.3, 0.4) is 0 Å². The first-order valence-corrected chi connectivity index (χ1v) is 8.23. The monoisotopic (exact) mass is 335 g/mol. The lowest BCUT2D eigenvalue weighted by molar-refractivity contribution is 0.0926. The number of hydrogen-bond donors (Lipinski definition) is 1. The fourth-order valence-electron chi connectivity index (χ4n) is 3.08. The molecule has 0 spiro atoms. The van der Waals surface area contributed by atoms with Crippen molar-refractivity contribution in [2.45, 2.75) is 44.7 Å². The van der Waals surface area contributed by atoms with Crippen molar-refractivity contribution in [1.82, 2.24) is 15.1 Å². The Morgan fingerprint density at radius 3 is 2.65 bits per heavy atom. The zero-order valence-corrected chi connectivity index (χ0v) is 13.7. The van der Waals surface area contributed by atoms with E-state index in [4.69, 9.17) is 11.6 Å². The summed E-state index contributed by atoms with van der Waals surface area (Å²) in [7, 11) is 0. The molecule has 0 bridgehead atoms. The fraction of sp³-hybridized carbons (Fsp3) is 0.412. The van der Waals surface area contributed by atoms with Gasteiger partial charge in [-0.25, -0.2) is 4.39 Å². The molecule has 0 saturated heterocycles. The molecule has 2 aromatic rings. The van der Waals surface area contributed by atoms with Crippen molar-refractivity contribution in [2.24, 2.45) is 0 Å². The normalized spacial score (nSPS) is 16.5. The van der Waals surface area contributed by atoms with E-state index in [0.29, 0.717) is 10.7 Å². The first-order chi connectivity index (χ1) is 11.1. The number of benzene rings is 1. The van der Waals surface area contributed by atoms with Crippen molar-refractivity contribution in [3.63, 3.8) is 0 Å². The van der Waals surface area contributed by atoms with Gasteiger partial charge in [0.05, 0.1) is 23.3 Å². The average Bonchev–Trinajstić information content (AvgIpc) is 3.16. The quantitative estimate of drug-likeness (QED) is 0.906. The molecule has 1 fully saturated rings. The van der Waals surface area contributed by atoms with Crippen LogP contribution in [0.4, 0.5) is 4.39 Å². The van der Waals surface area contributed by atoms with Crippen LogP contribution in [0.25, 0.3) is 0 Å². The molecule has 1 atom stereocenters. The van der Waals surface area contributed by atoms with E-state index in [9.17, 15) is 9.18 Å². The van der Waals surface area contributed by atoms with Crippen molar-refractivity contribution >= 4 is 17.5 Å². The van der Waals surface area contributed by atoms with Crippen LogP contribution in [-0.2, 0) is 0 Å². The number of hydrogen-bond acceptors (Lipinski definition) is 2. The first kappa shape index (κ1) is 16.0. The Morgan fingerprint density at radius 1 is 1.35 bits per heavy atom. The van der Waals surface area contributed by atoms with Gasteiger partial charge >= 0.3 is 0 Å². The molecular formula is C17H19ClFN3O. The number of carbonyl (C=O) groups excluding carboxylic acids is 1. The molecule has 4 nitrogen and oxygen atoms in total. The Hall–Kier alpha value is -1.88. The summed E-state index contributed by atoms with van der Waals surface area (Å²) in [5.41, 5.74) is 1.25. The summed E-state index contributed by atoms with van der Waals surface area (Å²) >= 11 is 6.17. The minimum atomic E-state index is -0.297. The van der Waals surface area contributed by atoms with Gasteiger partial charge in [0.2, 0.25) is 0 Å². The standard InChI is InChI=1S/C17H19ClFN3O/c1-11(12-6-8-13(19)9-7-12)21-17(23)16-15(18)10-20-22(16)14-4-2-3-5-14/h6-11,14H,2-5H2,1H3,(H,21,23)/t11-/m0/s1. The third-order valence-corrected chi connectivity index (χ3v) is 4.63. The van der Waals surface area contributed by atoms with E-state index < -0.39 is 0 Å². The SMILES string of the molecule is C[C@H](NC(=O)c1c(Cl)cnn1C1CCCC1)c1ccc(F)cc1. The summed E-state index contributed by atoms with van der Waals surface area (Å²) in [6.07, 6.45) is 5.86. The van der Waals surface area contributed by atoms with E-state index in [1.807, 2.05) is 6.92 Å². The smallest absolute Gasteiger partial charge is 0.271 e. The Labute approximate surface area is 139 Å². The molecule has 23 heavy (non-hydrogen) atoms. The summed E-state index contributed by atoms with van der Waals surface area (Å²) in [5.74, 6) is -0.550. The molecule has 1 N–H and O–H groups in total. The van der Waals surface area contributed by atoms with Gasteiger partial charge < -0.3 is 5.32 Å². The topological polar surface area (TPSA) is 46.9 Å². The molecule has 0 aliphatic heterocycles. The number of aromatic nitrogens is 2. The van der Waals surface area contributed by atoms with Gasteiger partial charge in [0.15, 0.2) is 0 Å². The molecule has 0 radical (unpaired) electrons. The van der Waals surface area contributed by atoms with E-state index in [1.165, 1.54) is 18.3 Å². The highest BCUT2D eigenvalue weighted by Crippen LogP contribution is 2.32. The van der Waals surface area contributed by atoms with Crippen molar-refractivity contribution in [3.8, 4) is 0 Å². The Balaban J connectivity index is 1.77. The van der Waals surface area contributed by atoms with Gasteiger partial charge in [-0.15, -0.1) is 0 Å². The number of halogens is 2. The third kappa shape index (κ3) is 3.39. The lowest BCUT2D eigenvalue weighted by atomic mass is 10.1. The molecule has 1 saturated carbocycles. The van der Waals surface area contributed by atoms with Gasteiger partial charge in [-0.2, -0.15) is 5.10 Å². The van der Waals surface area contributed by atoms with Gasteiger partial charge in [-0.05, 0) is 37.5 Å². The fourth-order valence-corrected chi connectivity index (χ4v) is 3.30. The molecule has 0 unspecified atom stereocenters. The highest BCUT2D eigenvalue weighted by Gasteiger charge is 2.26. The largest absolute Gasteiger partial charge is 0.344 e. The molecule has 6 heteroatoms. The van der Waals surface area contributed by atoms with E-state index in [-0.39, 0.29) is 23.8 Å². The number of rotatable bonds is 4. The summed E-state index contributed by atoms with van der Waals surface area (Å²) < 4.78 is 14.8. The van der Waals surface area contributed by atoms with Crippen LogP contribution in [0, 0.1) is 5.82 Å². The second kappa shape index (κ2) is 6.71. The predicted molar refractivity (Wildman–Crippen MR) is 87.0 cm³/mol. The van der Waals surface area contributed by atoms with Crippen molar-refractivity contribution in [1.29, 1.82) is 0 Å². The predicted octanol–water partition coefficient (Wildman–Crippen LogP) is 4.28.